The number of anilines is 1. The van der Waals surface area contributed by atoms with Crippen LogP contribution in [0.3, 0.4) is 0 Å². The number of aliphatic carboxylic acids is 1. The largest absolute Gasteiger partial charge is 0.480 e. The summed E-state index contributed by atoms with van der Waals surface area (Å²) in [6.07, 6.45) is 2.27. The lowest BCUT2D eigenvalue weighted by molar-refractivity contribution is -0.146. The van der Waals surface area contributed by atoms with Crippen molar-refractivity contribution in [2.75, 3.05) is 18.0 Å². The van der Waals surface area contributed by atoms with Gasteiger partial charge in [-0.2, -0.15) is 0 Å². The first-order valence-corrected chi connectivity index (χ1v) is 12.2. The van der Waals surface area contributed by atoms with Crippen LogP contribution in [0.15, 0.2) is 54.9 Å². The average molecular weight is 509 g/mol. The number of nitrogens with one attached hydrogen (secondary N) is 1. The van der Waals surface area contributed by atoms with Gasteiger partial charge in [0.25, 0.3) is 0 Å². The number of imidazole rings is 1. The highest BCUT2D eigenvalue weighted by atomic mass is 35.5. The number of rotatable bonds is 6. The number of carboxylic acids is 1. The lowest BCUT2D eigenvalue weighted by atomic mass is 9.86. The lowest BCUT2D eigenvalue weighted by Crippen LogP contribution is -2.60. The molecule has 1 aliphatic heterocycles. The fourth-order valence-corrected chi connectivity index (χ4v) is 4.97. The van der Waals surface area contributed by atoms with Crippen LogP contribution in [0.4, 0.5) is 10.2 Å². The van der Waals surface area contributed by atoms with Crippen LogP contribution in [0.2, 0.25) is 5.02 Å². The summed E-state index contributed by atoms with van der Waals surface area (Å²) in [5.41, 5.74) is 1.12. The van der Waals surface area contributed by atoms with Gasteiger partial charge in [0, 0.05) is 29.8 Å². The number of piperidine rings is 1. The van der Waals surface area contributed by atoms with Crippen molar-refractivity contribution in [1.82, 2.24) is 24.8 Å². The Morgan fingerprint density at radius 1 is 1.11 bits per heavy atom. The van der Waals surface area contributed by atoms with Crippen molar-refractivity contribution in [2.45, 2.75) is 38.3 Å². The zero-order valence-corrected chi connectivity index (χ0v) is 20.7. The molecule has 0 saturated carbocycles. The highest BCUT2D eigenvalue weighted by Gasteiger charge is 2.42. The predicted molar refractivity (Wildman–Crippen MR) is 137 cm³/mol. The van der Waals surface area contributed by atoms with E-state index in [0.717, 1.165) is 5.69 Å². The number of hydrogen-bond donors (Lipinski definition) is 2. The second-order valence-corrected chi connectivity index (χ2v) is 9.71. The van der Waals surface area contributed by atoms with Crippen molar-refractivity contribution in [3.05, 3.63) is 65.7 Å². The van der Waals surface area contributed by atoms with E-state index in [2.05, 4.69) is 15.3 Å². The Morgan fingerprint density at radius 3 is 2.44 bits per heavy atom. The van der Waals surface area contributed by atoms with Gasteiger partial charge in [-0.25, -0.2) is 19.3 Å². The van der Waals surface area contributed by atoms with E-state index >= 15 is 0 Å². The van der Waals surface area contributed by atoms with Gasteiger partial charge in [0.15, 0.2) is 17.0 Å². The van der Waals surface area contributed by atoms with Crippen LogP contribution in [0.1, 0.15) is 26.7 Å². The lowest BCUT2D eigenvalue weighted by Gasteiger charge is -2.41. The summed E-state index contributed by atoms with van der Waals surface area (Å²) in [6, 6.07) is 13.7. The zero-order chi connectivity index (χ0) is 25.4. The van der Waals surface area contributed by atoms with Crippen molar-refractivity contribution in [3.8, 4) is 17.1 Å². The topological polar surface area (TPSA) is 96.2 Å². The maximum atomic E-state index is 14.9. The van der Waals surface area contributed by atoms with Gasteiger partial charge in [0.1, 0.15) is 23.5 Å². The molecule has 0 aliphatic carbocycles. The van der Waals surface area contributed by atoms with Gasteiger partial charge < -0.3 is 10.0 Å². The monoisotopic (exact) mass is 508 g/mol. The summed E-state index contributed by atoms with van der Waals surface area (Å²) in [6.45, 7) is 4.83. The molecule has 2 aromatic heterocycles. The van der Waals surface area contributed by atoms with Crippen LogP contribution >= 0.6 is 11.6 Å². The molecule has 1 saturated heterocycles. The highest BCUT2D eigenvalue weighted by molar-refractivity contribution is 6.30. The molecule has 1 fully saturated rings. The van der Waals surface area contributed by atoms with Crippen molar-refractivity contribution in [1.29, 1.82) is 0 Å². The van der Waals surface area contributed by atoms with Crippen molar-refractivity contribution in [2.24, 2.45) is 0 Å². The van der Waals surface area contributed by atoms with Crippen LogP contribution in [0.25, 0.3) is 28.2 Å². The number of halogens is 2. The van der Waals surface area contributed by atoms with Crippen molar-refractivity contribution >= 4 is 34.6 Å². The second kappa shape index (κ2) is 9.48. The summed E-state index contributed by atoms with van der Waals surface area (Å²) in [7, 11) is 0. The van der Waals surface area contributed by atoms with E-state index in [1.165, 1.54) is 12.4 Å². The molecule has 0 radical (unpaired) electrons. The van der Waals surface area contributed by atoms with Gasteiger partial charge in [-0.05, 0) is 63.1 Å². The van der Waals surface area contributed by atoms with E-state index in [0.29, 0.717) is 59.3 Å². The van der Waals surface area contributed by atoms with Crippen LogP contribution in [-0.4, -0.2) is 55.3 Å². The van der Waals surface area contributed by atoms with Crippen molar-refractivity contribution in [3.63, 3.8) is 0 Å². The van der Waals surface area contributed by atoms with E-state index < -0.39 is 17.3 Å². The molecule has 2 N–H and O–H groups in total. The molecule has 0 atom stereocenters. The first-order chi connectivity index (χ1) is 17.3. The number of fused-ring (bicyclic) bond motifs is 1. The number of carboxylic acid groups (broad SMARTS) is 1. The molecule has 186 valence electrons. The molecule has 10 heteroatoms. The fraction of sp³-hybridized carbons (Fsp3) is 0.308. The molecule has 36 heavy (non-hydrogen) atoms. The normalized spacial score (nSPS) is 15.5. The summed E-state index contributed by atoms with van der Waals surface area (Å²) < 4.78 is 16.7. The summed E-state index contributed by atoms with van der Waals surface area (Å²) in [5.74, 6) is -0.265. The molecule has 3 heterocycles. The Hall–Kier alpha value is -3.56. The Morgan fingerprint density at radius 2 is 1.81 bits per heavy atom. The van der Waals surface area contributed by atoms with Crippen LogP contribution in [0.5, 0.6) is 0 Å². The Bertz CT molecular complexity index is 1410. The number of hydrogen-bond acceptors (Lipinski definition) is 6. The quantitative estimate of drug-likeness (QED) is 0.390. The van der Waals surface area contributed by atoms with E-state index in [1.54, 1.807) is 34.9 Å². The number of benzene rings is 2. The van der Waals surface area contributed by atoms with Gasteiger partial charge in [-0.15, -0.1) is 0 Å². The fourth-order valence-electron chi connectivity index (χ4n) is 4.84. The molecule has 0 bridgehead atoms. The van der Waals surface area contributed by atoms with E-state index in [1.807, 2.05) is 30.9 Å². The third-order valence-corrected chi connectivity index (χ3v) is 6.77. The van der Waals surface area contributed by atoms with E-state index in [9.17, 15) is 14.3 Å². The predicted octanol–water partition coefficient (Wildman–Crippen LogP) is 4.70. The second-order valence-electron chi connectivity index (χ2n) is 9.27. The first kappa shape index (κ1) is 24.1. The Kier molecular flexibility index (Phi) is 6.36. The van der Waals surface area contributed by atoms with Gasteiger partial charge in [-0.3, -0.25) is 14.7 Å². The first-order valence-electron chi connectivity index (χ1n) is 11.8. The average Bonchev–Trinajstić information content (AvgIpc) is 3.24. The maximum absolute atomic E-state index is 14.9. The summed E-state index contributed by atoms with van der Waals surface area (Å²) in [4.78, 5) is 28.0. The van der Waals surface area contributed by atoms with Gasteiger partial charge >= 0.3 is 5.97 Å². The van der Waals surface area contributed by atoms with Gasteiger partial charge in [-0.1, -0.05) is 23.7 Å². The molecule has 1 aliphatic rings. The molecule has 0 unspecified atom stereocenters. The van der Waals surface area contributed by atoms with Crippen LogP contribution < -0.4 is 10.2 Å². The third-order valence-electron chi connectivity index (χ3n) is 6.52. The number of nitrogens with zero attached hydrogens (tertiary/aromatic N) is 5. The van der Waals surface area contributed by atoms with Crippen LogP contribution in [0, 0.1) is 5.82 Å². The van der Waals surface area contributed by atoms with Crippen molar-refractivity contribution < 1.29 is 14.3 Å². The van der Waals surface area contributed by atoms with E-state index in [-0.39, 0.29) is 6.04 Å². The molecule has 2 aromatic carbocycles. The highest BCUT2D eigenvalue weighted by Crippen LogP contribution is 2.34. The Balaban J connectivity index is 1.61. The standard InChI is InChI=1S/C26H26ClFN6O2/c1-16(2)32-26(25(35)36)11-13-33(14-12-26)23-21-24(30-15-29-23)34(18-9-7-17(27)8-10-18)22(31-21)19-5-3-4-6-20(19)28/h3-10,15-16,32H,11-14H2,1-2H3,(H,35,36). The summed E-state index contributed by atoms with van der Waals surface area (Å²) in [5, 5.41) is 13.8. The molecule has 0 amide bonds. The Labute approximate surface area is 212 Å². The van der Waals surface area contributed by atoms with Crippen LogP contribution in [-0.2, 0) is 4.79 Å². The SMILES string of the molecule is CC(C)NC1(C(=O)O)CCN(c2ncnc3c2nc(-c2ccccc2F)n3-c2ccc(Cl)cc2)CC1. The smallest absolute Gasteiger partial charge is 0.324 e. The minimum atomic E-state index is -0.988. The molecule has 4 aromatic rings. The molecule has 5 rings (SSSR count). The number of carbonyl (C=O) groups is 1. The van der Waals surface area contributed by atoms with Gasteiger partial charge in [0.2, 0.25) is 0 Å². The molecule has 8 nitrogen and oxygen atoms in total. The summed E-state index contributed by atoms with van der Waals surface area (Å²) >= 11 is 6.11. The molecular weight excluding hydrogens is 483 g/mol. The molecule has 0 spiro atoms. The zero-order valence-electron chi connectivity index (χ0n) is 19.9. The molecular formula is C26H26ClFN6O2. The maximum Gasteiger partial charge on any atom is 0.324 e. The number of aromatic nitrogens is 4. The minimum absolute atomic E-state index is 0.0387. The minimum Gasteiger partial charge on any atom is -0.480 e. The van der Waals surface area contributed by atoms with Gasteiger partial charge in [0.05, 0.1) is 5.56 Å². The van der Waals surface area contributed by atoms with E-state index in [4.69, 9.17) is 16.6 Å². The third kappa shape index (κ3) is 4.29.